The average Bonchev–Trinajstić information content (AvgIpc) is 3.58. The number of likely N-dealkylation sites (tertiary alicyclic amines) is 1. The smallest absolute Gasteiger partial charge is 0.258 e. The van der Waals surface area contributed by atoms with E-state index in [4.69, 9.17) is 4.74 Å². The molecule has 35 heavy (non-hydrogen) atoms. The van der Waals surface area contributed by atoms with Crippen LogP contribution in [0.1, 0.15) is 54.4 Å². The molecule has 0 unspecified atom stereocenters. The van der Waals surface area contributed by atoms with Crippen LogP contribution in [-0.4, -0.2) is 63.6 Å². The second-order valence-electron chi connectivity index (χ2n) is 10.2. The highest BCUT2D eigenvalue weighted by molar-refractivity contribution is 5.97. The summed E-state index contributed by atoms with van der Waals surface area (Å²) in [6, 6.07) is 14.5. The number of amides is 2. The normalized spacial score (nSPS) is 23.9. The molecule has 0 radical (unpaired) electrons. The fourth-order valence-corrected chi connectivity index (χ4v) is 6.42. The second kappa shape index (κ2) is 9.36. The van der Waals surface area contributed by atoms with Crippen molar-refractivity contribution < 1.29 is 14.3 Å². The summed E-state index contributed by atoms with van der Waals surface area (Å²) in [5.74, 6) is 1.47. The average molecular weight is 473 g/mol. The molecule has 7 nitrogen and oxygen atoms in total. The van der Waals surface area contributed by atoms with Crippen molar-refractivity contribution >= 4 is 22.7 Å². The van der Waals surface area contributed by atoms with E-state index in [0.717, 1.165) is 50.6 Å². The van der Waals surface area contributed by atoms with Crippen molar-refractivity contribution in [2.75, 3.05) is 19.7 Å². The van der Waals surface area contributed by atoms with Gasteiger partial charge in [-0.25, -0.2) is 0 Å². The molecular weight excluding hydrogens is 440 g/mol. The fraction of sp³-hybridized carbons (Fsp3) is 0.464. The van der Waals surface area contributed by atoms with Crippen LogP contribution in [0.3, 0.4) is 0 Å². The maximum absolute atomic E-state index is 13.7. The number of carbonyl (C=O) groups is 2. The standard InChI is InChI=1S/C28H32N4O3/c33-27-9-4-12-31(27)13-14-35-26-8-2-1-6-23(26)28(34)32-21-10-11-22(32)17-19(16-21)15-20-5-3-7-25-24(20)18-29-30-25/h1-3,5-8,18-19,21-22H,4,9-17H2,(H,29,30)/t21-,22-/m0/s1. The van der Waals surface area contributed by atoms with E-state index < -0.39 is 0 Å². The SMILES string of the molecule is O=C1CCCN1CCOc1ccccc1C(=O)N1[C@H]2CC[C@H]1CC(Cc1cccc3[nH]ncc13)C2. The summed E-state index contributed by atoms with van der Waals surface area (Å²) >= 11 is 0. The largest absolute Gasteiger partial charge is 0.491 e. The Balaban J connectivity index is 1.13. The lowest BCUT2D eigenvalue weighted by Gasteiger charge is -2.39. The summed E-state index contributed by atoms with van der Waals surface area (Å²) in [5, 5.41) is 8.49. The summed E-state index contributed by atoms with van der Waals surface area (Å²) in [6.07, 6.45) is 8.73. The van der Waals surface area contributed by atoms with Gasteiger partial charge in [0.15, 0.2) is 0 Å². The summed E-state index contributed by atoms with van der Waals surface area (Å²) in [4.78, 5) is 29.6. The number of benzene rings is 2. The van der Waals surface area contributed by atoms with Crippen LogP contribution in [0.4, 0.5) is 0 Å². The zero-order valence-electron chi connectivity index (χ0n) is 20.0. The minimum atomic E-state index is 0.0840. The molecular formula is C28H32N4O3. The number of aromatic nitrogens is 2. The number of para-hydroxylation sites is 1. The molecule has 2 bridgehead atoms. The molecule has 3 saturated heterocycles. The molecule has 3 aliphatic heterocycles. The molecule has 1 N–H and O–H groups in total. The number of rotatable bonds is 7. The number of H-pyrrole nitrogens is 1. The number of nitrogens with one attached hydrogen (secondary N) is 1. The van der Waals surface area contributed by atoms with E-state index in [0.29, 0.717) is 36.8 Å². The van der Waals surface area contributed by atoms with E-state index in [1.807, 2.05) is 35.4 Å². The van der Waals surface area contributed by atoms with Crippen LogP contribution in [0.25, 0.3) is 10.9 Å². The lowest BCUT2D eigenvalue weighted by molar-refractivity contribution is -0.128. The molecule has 3 fully saturated rings. The molecule has 2 amide bonds. The maximum Gasteiger partial charge on any atom is 0.258 e. The van der Waals surface area contributed by atoms with Crippen molar-refractivity contribution in [3.63, 3.8) is 0 Å². The third-order valence-electron chi connectivity index (χ3n) is 8.06. The maximum atomic E-state index is 13.7. The Morgan fingerprint density at radius 1 is 1.09 bits per heavy atom. The first-order valence-electron chi connectivity index (χ1n) is 12.9. The van der Waals surface area contributed by atoms with E-state index in [1.54, 1.807) is 0 Å². The van der Waals surface area contributed by atoms with Crippen molar-refractivity contribution in [1.82, 2.24) is 20.0 Å². The van der Waals surface area contributed by atoms with Gasteiger partial charge < -0.3 is 14.5 Å². The summed E-state index contributed by atoms with van der Waals surface area (Å²) in [5.41, 5.74) is 3.07. The molecule has 2 atom stereocenters. The Morgan fingerprint density at radius 2 is 1.91 bits per heavy atom. The first-order valence-corrected chi connectivity index (χ1v) is 12.9. The van der Waals surface area contributed by atoms with Crippen molar-refractivity contribution in [3.8, 4) is 5.75 Å². The molecule has 0 saturated carbocycles. The van der Waals surface area contributed by atoms with Crippen LogP contribution in [0.2, 0.25) is 0 Å². The van der Waals surface area contributed by atoms with Crippen molar-refractivity contribution in [2.45, 2.75) is 57.0 Å². The van der Waals surface area contributed by atoms with Gasteiger partial charge in [-0.1, -0.05) is 24.3 Å². The number of hydrogen-bond acceptors (Lipinski definition) is 4. The van der Waals surface area contributed by atoms with E-state index in [-0.39, 0.29) is 23.9 Å². The quantitative estimate of drug-likeness (QED) is 0.559. The van der Waals surface area contributed by atoms with Gasteiger partial charge in [0, 0.05) is 30.4 Å². The molecule has 7 heteroatoms. The number of hydrogen-bond donors (Lipinski definition) is 1. The Labute approximate surface area is 205 Å². The van der Waals surface area contributed by atoms with Crippen LogP contribution in [0.15, 0.2) is 48.7 Å². The predicted molar refractivity (Wildman–Crippen MR) is 133 cm³/mol. The second-order valence-corrected chi connectivity index (χ2v) is 10.2. The van der Waals surface area contributed by atoms with Crippen LogP contribution in [0.5, 0.6) is 5.75 Å². The third kappa shape index (κ3) is 4.28. The van der Waals surface area contributed by atoms with Gasteiger partial charge in [-0.05, 0) is 68.2 Å². The van der Waals surface area contributed by atoms with Gasteiger partial charge in [-0.2, -0.15) is 5.10 Å². The number of aromatic amines is 1. The highest BCUT2D eigenvalue weighted by atomic mass is 16.5. The van der Waals surface area contributed by atoms with E-state index in [2.05, 4.69) is 33.3 Å². The summed E-state index contributed by atoms with van der Waals surface area (Å²) in [6.45, 7) is 1.78. The molecule has 3 aliphatic rings. The highest BCUT2D eigenvalue weighted by Crippen LogP contribution is 2.42. The lowest BCUT2D eigenvalue weighted by Crippen LogP contribution is -2.47. The molecule has 0 aliphatic carbocycles. The van der Waals surface area contributed by atoms with E-state index in [9.17, 15) is 9.59 Å². The van der Waals surface area contributed by atoms with Gasteiger partial charge in [0.2, 0.25) is 5.91 Å². The topological polar surface area (TPSA) is 78.5 Å². The fourth-order valence-electron chi connectivity index (χ4n) is 6.42. The minimum Gasteiger partial charge on any atom is -0.491 e. The molecule has 4 heterocycles. The van der Waals surface area contributed by atoms with Gasteiger partial charge >= 0.3 is 0 Å². The summed E-state index contributed by atoms with van der Waals surface area (Å²) in [7, 11) is 0. The summed E-state index contributed by atoms with van der Waals surface area (Å²) < 4.78 is 6.03. The zero-order valence-corrected chi connectivity index (χ0v) is 20.0. The predicted octanol–water partition coefficient (Wildman–Crippen LogP) is 4.19. The molecule has 1 aromatic heterocycles. The van der Waals surface area contributed by atoms with E-state index >= 15 is 0 Å². The molecule has 2 aromatic carbocycles. The van der Waals surface area contributed by atoms with Crippen LogP contribution in [-0.2, 0) is 11.2 Å². The molecule has 0 spiro atoms. The Bertz CT molecular complexity index is 1220. The molecule has 182 valence electrons. The Kier molecular flexibility index (Phi) is 5.92. The molecule has 6 rings (SSSR count). The number of fused-ring (bicyclic) bond motifs is 3. The number of ether oxygens (including phenoxy) is 1. The number of nitrogens with zero attached hydrogens (tertiary/aromatic N) is 3. The van der Waals surface area contributed by atoms with Gasteiger partial charge in [0.25, 0.3) is 5.91 Å². The van der Waals surface area contributed by atoms with Crippen molar-refractivity contribution in [1.29, 1.82) is 0 Å². The first-order chi connectivity index (χ1) is 17.2. The van der Waals surface area contributed by atoms with Gasteiger partial charge in [0.1, 0.15) is 12.4 Å². The Hall–Kier alpha value is -3.35. The van der Waals surface area contributed by atoms with Gasteiger partial charge in [-0.3, -0.25) is 14.7 Å². The van der Waals surface area contributed by atoms with Crippen molar-refractivity contribution in [2.24, 2.45) is 5.92 Å². The van der Waals surface area contributed by atoms with E-state index in [1.165, 1.54) is 10.9 Å². The van der Waals surface area contributed by atoms with Crippen LogP contribution >= 0.6 is 0 Å². The van der Waals surface area contributed by atoms with Crippen LogP contribution < -0.4 is 4.74 Å². The first kappa shape index (κ1) is 22.1. The third-order valence-corrected chi connectivity index (χ3v) is 8.06. The Morgan fingerprint density at radius 3 is 2.71 bits per heavy atom. The minimum absolute atomic E-state index is 0.0840. The number of carbonyl (C=O) groups excluding carboxylic acids is 2. The van der Waals surface area contributed by atoms with Gasteiger partial charge in [-0.15, -0.1) is 0 Å². The van der Waals surface area contributed by atoms with Crippen molar-refractivity contribution in [3.05, 3.63) is 59.8 Å². The monoisotopic (exact) mass is 472 g/mol. The number of piperidine rings is 1. The van der Waals surface area contributed by atoms with Crippen LogP contribution in [0, 0.1) is 5.92 Å². The highest BCUT2D eigenvalue weighted by Gasteiger charge is 2.43. The lowest BCUT2D eigenvalue weighted by atomic mass is 9.85. The molecule has 3 aromatic rings. The van der Waals surface area contributed by atoms with Gasteiger partial charge in [0.05, 0.1) is 23.8 Å². The zero-order chi connectivity index (χ0) is 23.8.